The van der Waals surface area contributed by atoms with E-state index in [0.717, 1.165) is 68.7 Å². The lowest BCUT2D eigenvalue weighted by Crippen LogP contribution is -2.56. The Morgan fingerprint density at radius 2 is 2.03 bits per heavy atom. The topological polar surface area (TPSA) is 81.2 Å². The molecule has 34 heavy (non-hydrogen) atoms. The zero-order valence-electron chi connectivity index (χ0n) is 19.1. The maximum Gasteiger partial charge on any atom is 0.426 e. The molecule has 180 valence electrons. The summed E-state index contributed by atoms with van der Waals surface area (Å²) in [6, 6.07) is 6.32. The molecule has 0 aliphatic carbocycles. The molecule has 5 rings (SSSR count). The molecule has 0 spiro atoms. The van der Waals surface area contributed by atoms with Crippen LogP contribution in [0.4, 0.5) is 13.2 Å². The highest BCUT2D eigenvalue weighted by atomic mass is 19.4. The number of H-pyrrole nitrogens is 1. The van der Waals surface area contributed by atoms with Crippen molar-refractivity contribution in [3.05, 3.63) is 52.8 Å². The first kappa shape index (κ1) is 22.9. The van der Waals surface area contributed by atoms with Gasteiger partial charge in [0.1, 0.15) is 5.65 Å². The second kappa shape index (κ2) is 8.09. The highest BCUT2D eigenvalue weighted by molar-refractivity contribution is 5.86. The van der Waals surface area contributed by atoms with Crippen molar-refractivity contribution in [3.8, 4) is 11.1 Å². The number of aryl methyl sites for hydroxylation is 1. The second-order valence-electron chi connectivity index (χ2n) is 9.49. The molecule has 2 aliphatic rings. The number of carbonyl (C=O) groups excluding carboxylic acids is 1. The fourth-order valence-corrected chi connectivity index (χ4v) is 5.06. The van der Waals surface area contributed by atoms with E-state index in [9.17, 15) is 23.1 Å². The minimum atomic E-state index is -5.04. The summed E-state index contributed by atoms with van der Waals surface area (Å²) in [6.07, 6.45) is 1.12. The number of aromatic nitrogens is 2. The fourth-order valence-electron chi connectivity index (χ4n) is 5.06. The molecular formula is C25H27F3N4O2. The number of halogens is 3. The average molecular weight is 473 g/mol. The molecular weight excluding hydrogens is 445 g/mol. The van der Waals surface area contributed by atoms with Crippen LogP contribution in [0, 0.1) is 6.92 Å². The Balaban J connectivity index is 1.57. The number of nitrogens with one attached hydrogen (secondary N) is 2. The van der Waals surface area contributed by atoms with Crippen LogP contribution >= 0.6 is 0 Å². The van der Waals surface area contributed by atoms with E-state index in [4.69, 9.17) is 0 Å². The summed E-state index contributed by atoms with van der Waals surface area (Å²) in [4.78, 5) is 21.4. The summed E-state index contributed by atoms with van der Waals surface area (Å²) in [5.41, 5.74) is 3.28. The molecule has 2 atom stereocenters. The fraction of sp³-hybridized carbons (Fsp3) is 0.440. The molecule has 1 fully saturated rings. The summed E-state index contributed by atoms with van der Waals surface area (Å²) in [7, 11) is 0. The summed E-state index contributed by atoms with van der Waals surface area (Å²) in [5, 5.41) is 14.5. The first-order chi connectivity index (χ1) is 16.1. The molecule has 2 aliphatic heterocycles. The van der Waals surface area contributed by atoms with Crippen LogP contribution in [0.15, 0.2) is 30.6 Å². The second-order valence-corrected chi connectivity index (χ2v) is 9.49. The summed E-state index contributed by atoms with van der Waals surface area (Å²) < 4.78 is 39.9. The normalized spacial score (nSPS) is 20.4. The highest BCUT2D eigenvalue weighted by Crippen LogP contribution is 2.38. The van der Waals surface area contributed by atoms with Crippen molar-refractivity contribution >= 4 is 16.9 Å². The summed E-state index contributed by atoms with van der Waals surface area (Å²) >= 11 is 0. The number of fused-ring (bicyclic) bond motifs is 2. The van der Waals surface area contributed by atoms with Crippen molar-refractivity contribution in [1.29, 1.82) is 0 Å². The minimum Gasteiger partial charge on any atom is -0.373 e. The number of alkyl halides is 3. The lowest BCUT2D eigenvalue weighted by atomic mass is 9.86. The Kier molecular flexibility index (Phi) is 5.44. The number of aliphatic hydroxyl groups is 1. The molecule has 3 N–H and O–H groups in total. The van der Waals surface area contributed by atoms with E-state index >= 15 is 0 Å². The van der Waals surface area contributed by atoms with E-state index in [0.29, 0.717) is 13.3 Å². The van der Waals surface area contributed by atoms with E-state index in [-0.39, 0.29) is 19.1 Å². The van der Waals surface area contributed by atoms with Crippen LogP contribution in [0.1, 0.15) is 48.1 Å². The first-order valence-electron chi connectivity index (χ1n) is 11.5. The largest absolute Gasteiger partial charge is 0.426 e. The number of aromatic amines is 1. The maximum atomic E-state index is 13.3. The quantitative estimate of drug-likeness (QED) is 0.535. The third-order valence-electron chi connectivity index (χ3n) is 7.13. The number of benzene rings is 1. The summed E-state index contributed by atoms with van der Waals surface area (Å²) in [6.45, 7) is 3.59. The van der Waals surface area contributed by atoms with Gasteiger partial charge in [0.15, 0.2) is 0 Å². The lowest BCUT2D eigenvalue weighted by molar-refractivity contribution is -0.250. The molecule has 1 amide bonds. The molecule has 1 saturated heterocycles. The Hall–Kier alpha value is -2.91. The number of hydrogen-bond acceptors (Lipinski definition) is 4. The standard InChI is InChI=1S/C25H27F3N4O2/c1-14-11-30-22-19(14)10-16(12-31-22)15-8-17-13-32(23(33)24(2,34)25(26,27)28)7-5-18(17)20(9-15)21-4-3-6-29-21/h8-12,21,29,34H,3-7,13H2,1-2H3,(H,30,31)/t21-,24+/m0/s1. The number of rotatable bonds is 3. The van der Waals surface area contributed by atoms with E-state index < -0.39 is 17.7 Å². The van der Waals surface area contributed by atoms with Crippen LogP contribution < -0.4 is 5.32 Å². The van der Waals surface area contributed by atoms with E-state index in [1.807, 2.05) is 19.2 Å². The molecule has 2 aromatic heterocycles. The Morgan fingerprint density at radius 1 is 1.24 bits per heavy atom. The Morgan fingerprint density at radius 3 is 2.74 bits per heavy atom. The van der Waals surface area contributed by atoms with Gasteiger partial charge < -0.3 is 20.3 Å². The van der Waals surface area contributed by atoms with Crippen LogP contribution in [0.5, 0.6) is 0 Å². The smallest absolute Gasteiger partial charge is 0.373 e. The van der Waals surface area contributed by atoms with Gasteiger partial charge in [0.25, 0.3) is 5.91 Å². The molecule has 0 radical (unpaired) electrons. The SMILES string of the molecule is Cc1c[nH]c2ncc(-c3cc4c(c([C@@H]5CCCN5)c3)CCN(C(=O)[C@@](C)(O)C(F)(F)F)C4)cc12. The van der Waals surface area contributed by atoms with Crippen LogP contribution in [0.2, 0.25) is 0 Å². The van der Waals surface area contributed by atoms with Crippen molar-refractivity contribution in [2.75, 3.05) is 13.1 Å². The van der Waals surface area contributed by atoms with Gasteiger partial charge in [-0.15, -0.1) is 0 Å². The van der Waals surface area contributed by atoms with Crippen LogP contribution in [0.25, 0.3) is 22.2 Å². The van der Waals surface area contributed by atoms with Gasteiger partial charge in [0.05, 0.1) is 0 Å². The number of pyridine rings is 1. The molecule has 1 aromatic carbocycles. The molecule has 9 heteroatoms. The van der Waals surface area contributed by atoms with Crippen LogP contribution in [0.3, 0.4) is 0 Å². The Labute approximate surface area is 195 Å². The van der Waals surface area contributed by atoms with Gasteiger partial charge in [-0.1, -0.05) is 0 Å². The molecule has 0 bridgehead atoms. The number of amides is 1. The van der Waals surface area contributed by atoms with Crippen molar-refractivity contribution in [3.63, 3.8) is 0 Å². The van der Waals surface area contributed by atoms with E-state index in [1.54, 1.807) is 6.20 Å². The number of nitrogens with zero attached hydrogens (tertiary/aromatic N) is 2. The van der Waals surface area contributed by atoms with Gasteiger partial charge in [-0.05, 0) is 85.7 Å². The molecule has 0 unspecified atom stereocenters. The monoisotopic (exact) mass is 472 g/mol. The number of hydrogen-bond donors (Lipinski definition) is 3. The van der Waals surface area contributed by atoms with Crippen molar-refractivity contribution in [2.24, 2.45) is 0 Å². The first-order valence-corrected chi connectivity index (χ1v) is 11.5. The third-order valence-corrected chi connectivity index (χ3v) is 7.13. The molecule has 3 aromatic rings. The van der Waals surface area contributed by atoms with E-state index in [1.165, 1.54) is 0 Å². The van der Waals surface area contributed by atoms with Gasteiger partial charge in [-0.3, -0.25) is 4.79 Å². The van der Waals surface area contributed by atoms with Crippen LogP contribution in [-0.4, -0.2) is 50.7 Å². The Bertz CT molecular complexity index is 1260. The molecule has 4 heterocycles. The predicted octanol–water partition coefficient (Wildman–Crippen LogP) is 4.16. The van der Waals surface area contributed by atoms with Crippen molar-refractivity contribution in [2.45, 2.75) is 57.5 Å². The van der Waals surface area contributed by atoms with Gasteiger partial charge in [-0.25, -0.2) is 4.98 Å². The van der Waals surface area contributed by atoms with Gasteiger partial charge in [-0.2, -0.15) is 13.2 Å². The van der Waals surface area contributed by atoms with Crippen molar-refractivity contribution in [1.82, 2.24) is 20.2 Å². The molecule has 6 nitrogen and oxygen atoms in total. The summed E-state index contributed by atoms with van der Waals surface area (Å²) in [5.74, 6) is -1.32. The minimum absolute atomic E-state index is 0.0206. The van der Waals surface area contributed by atoms with Gasteiger partial charge in [0.2, 0.25) is 5.60 Å². The van der Waals surface area contributed by atoms with Crippen LogP contribution in [-0.2, 0) is 17.8 Å². The predicted molar refractivity (Wildman–Crippen MR) is 122 cm³/mol. The number of carbonyl (C=O) groups is 1. The van der Waals surface area contributed by atoms with Gasteiger partial charge in [0, 0.05) is 42.5 Å². The molecule has 0 saturated carbocycles. The zero-order chi connectivity index (χ0) is 24.3. The average Bonchev–Trinajstić information content (AvgIpc) is 3.47. The third kappa shape index (κ3) is 3.76. The van der Waals surface area contributed by atoms with Gasteiger partial charge >= 0.3 is 6.18 Å². The highest BCUT2D eigenvalue weighted by Gasteiger charge is 2.57. The van der Waals surface area contributed by atoms with Crippen molar-refractivity contribution < 1.29 is 23.1 Å². The maximum absolute atomic E-state index is 13.3. The van der Waals surface area contributed by atoms with E-state index in [2.05, 4.69) is 27.4 Å². The lowest BCUT2D eigenvalue weighted by Gasteiger charge is -2.36. The zero-order valence-corrected chi connectivity index (χ0v) is 19.1.